The topological polar surface area (TPSA) is 65.9 Å². The van der Waals surface area contributed by atoms with E-state index in [0.717, 1.165) is 21.2 Å². The molecule has 1 aromatic heterocycles. The third-order valence-corrected chi connectivity index (χ3v) is 5.61. The van der Waals surface area contributed by atoms with Crippen LogP contribution in [0.1, 0.15) is 16.4 Å². The molecule has 0 radical (unpaired) electrons. The molecule has 0 bridgehead atoms. The van der Waals surface area contributed by atoms with Gasteiger partial charge >= 0.3 is 4.87 Å². The van der Waals surface area contributed by atoms with Crippen LogP contribution < -0.4 is 9.61 Å². The highest BCUT2D eigenvalue weighted by atomic mass is 32.2. The third kappa shape index (κ3) is 2.23. The van der Waals surface area contributed by atoms with Gasteiger partial charge in [0, 0.05) is 16.5 Å². The Balaban J connectivity index is 2.08. The minimum Gasteiger partial charge on any atom is -0.497 e. The van der Waals surface area contributed by atoms with Gasteiger partial charge < -0.3 is 9.72 Å². The zero-order chi connectivity index (χ0) is 14.1. The maximum atomic E-state index is 11.6. The Labute approximate surface area is 124 Å². The Hall–Kier alpha value is -1.71. The van der Waals surface area contributed by atoms with Gasteiger partial charge in [-0.05, 0) is 17.7 Å². The highest BCUT2D eigenvalue weighted by Crippen LogP contribution is 2.44. The molecule has 20 heavy (non-hydrogen) atoms. The van der Waals surface area contributed by atoms with Crippen LogP contribution in [0.25, 0.3) is 0 Å². The molecular formula is C14H12N2O2S2. The van der Waals surface area contributed by atoms with Crippen molar-refractivity contribution < 1.29 is 4.74 Å². The fourth-order valence-electron chi connectivity index (χ4n) is 2.40. The highest BCUT2D eigenvalue weighted by Gasteiger charge is 2.33. The molecule has 0 spiro atoms. The maximum absolute atomic E-state index is 11.6. The van der Waals surface area contributed by atoms with E-state index < -0.39 is 0 Å². The molecule has 2 heterocycles. The van der Waals surface area contributed by atoms with Crippen LogP contribution in [0.4, 0.5) is 0 Å². The Morgan fingerprint density at radius 1 is 1.40 bits per heavy atom. The molecule has 0 amide bonds. The molecule has 0 saturated carbocycles. The number of rotatable bonds is 2. The molecule has 6 heteroatoms. The van der Waals surface area contributed by atoms with Crippen molar-refractivity contribution in [3.8, 4) is 11.8 Å². The van der Waals surface area contributed by atoms with Crippen LogP contribution in [-0.4, -0.2) is 17.8 Å². The first-order valence-electron chi connectivity index (χ1n) is 6.12. The summed E-state index contributed by atoms with van der Waals surface area (Å²) in [7, 11) is 1.63. The van der Waals surface area contributed by atoms with E-state index in [9.17, 15) is 10.1 Å². The number of thiazole rings is 1. The SMILES string of the molecule is COc1ccc([C@@H]2c3sc(=O)[nH]c3SC[C@H]2C#N)cc1. The number of aromatic amines is 1. The Morgan fingerprint density at radius 3 is 2.80 bits per heavy atom. The molecule has 1 aliphatic heterocycles. The average molecular weight is 304 g/mol. The van der Waals surface area contributed by atoms with Crippen molar-refractivity contribution in [3.63, 3.8) is 0 Å². The second kappa shape index (κ2) is 5.35. The van der Waals surface area contributed by atoms with E-state index in [-0.39, 0.29) is 16.7 Å². The molecule has 1 N–H and O–H groups in total. The standard InChI is InChI=1S/C14H12N2O2S2/c1-18-10-4-2-8(3-5-10)11-9(6-15)7-19-13-12(11)20-14(17)16-13/h2-5,9,11H,7H2,1H3,(H,16,17)/t9-,11+/m1/s1. The lowest BCUT2D eigenvalue weighted by Gasteiger charge is -2.26. The van der Waals surface area contributed by atoms with Crippen molar-refractivity contribution in [1.82, 2.24) is 4.98 Å². The number of thioether (sulfide) groups is 1. The number of hydrogen-bond acceptors (Lipinski definition) is 5. The summed E-state index contributed by atoms with van der Waals surface area (Å²) in [5.41, 5.74) is 1.05. The number of ether oxygens (including phenoxy) is 1. The number of nitriles is 1. The lowest BCUT2D eigenvalue weighted by Crippen LogP contribution is -2.18. The molecule has 1 aromatic carbocycles. The van der Waals surface area contributed by atoms with Crippen LogP contribution >= 0.6 is 23.1 Å². The van der Waals surface area contributed by atoms with E-state index in [4.69, 9.17) is 4.74 Å². The number of aromatic nitrogens is 1. The van der Waals surface area contributed by atoms with Crippen LogP contribution in [0.5, 0.6) is 5.75 Å². The summed E-state index contributed by atoms with van der Waals surface area (Å²) in [5, 5.41) is 10.3. The number of nitrogens with one attached hydrogen (secondary N) is 1. The molecule has 2 aromatic rings. The predicted octanol–water partition coefficient (Wildman–Crippen LogP) is 2.82. The second-order valence-electron chi connectivity index (χ2n) is 4.51. The highest BCUT2D eigenvalue weighted by molar-refractivity contribution is 7.99. The van der Waals surface area contributed by atoms with Crippen LogP contribution in [0, 0.1) is 17.2 Å². The quantitative estimate of drug-likeness (QED) is 0.926. The monoisotopic (exact) mass is 304 g/mol. The molecule has 1 aliphatic rings. The lowest BCUT2D eigenvalue weighted by atomic mass is 9.86. The molecule has 2 atom stereocenters. The van der Waals surface area contributed by atoms with E-state index in [1.165, 1.54) is 11.3 Å². The van der Waals surface area contributed by atoms with Gasteiger partial charge in [-0.1, -0.05) is 23.5 Å². The lowest BCUT2D eigenvalue weighted by molar-refractivity contribution is 0.414. The van der Waals surface area contributed by atoms with E-state index in [1.807, 2.05) is 24.3 Å². The van der Waals surface area contributed by atoms with E-state index >= 15 is 0 Å². The first-order chi connectivity index (χ1) is 9.72. The Bertz CT molecular complexity index is 712. The van der Waals surface area contributed by atoms with Crippen molar-refractivity contribution in [3.05, 3.63) is 44.4 Å². The summed E-state index contributed by atoms with van der Waals surface area (Å²) < 4.78 is 5.16. The molecular weight excluding hydrogens is 292 g/mol. The van der Waals surface area contributed by atoms with Crippen molar-refractivity contribution >= 4 is 23.1 Å². The van der Waals surface area contributed by atoms with Gasteiger partial charge in [-0.25, -0.2) is 0 Å². The minimum atomic E-state index is -0.118. The van der Waals surface area contributed by atoms with Gasteiger partial charge in [-0.15, -0.1) is 11.8 Å². The minimum absolute atomic E-state index is 0.0360. The summed E-state index contributed by atoms with van der Waals surface area (Å²) in [6.45, 7) is 0. The molecule has 3 rings (SSSR count). The van der Waals surface area contributed by atoms with E-state index in [0.29, 0.717) is 5.75 Å². The largest absolute Gasteiger partial charge is 0.497 e. The third-order valence-electron chi connectivity index (χ3n) is 3.37. The smallest absolute Gasteiger partial charge is 0.305 e. The molecule has 102 valence electrons. The zero-order valence-corrected chi connectivity index (χ0v) is 12.4. The number of hydrogen-bond donors (Lipinski definition) is 1. The normalized spacial score (nSPS) is 21.0. The number of benzene rings is 1. The summed E-state index contributed by atoms with van der Waals surface area (Å²) >= 11 is 2.76. The first-order valence-corrected chi connectivity index (χ1v) is 7.92. The molecule has 0 aliphatic carbocycles. The van der Waals surface area contributed by atoms with E-state index in [2.05, 4.69) is 11.1 Å². The van der Waals surface area contributed by atoms with Crippen LogP contribution in [0.3, 0.4) is 0 Å². The van der Waals surface area contributed by atoms with Crippen molar-refractivity contribution in [2.75, 3.05) is 12.9 Å². The second-order valence-corrected chi connectivity index (χ2v) is 6.55. The van der Waals surface area contributed by atoms with Gasteiger partial charge in [0.1, 0.15) is 5.75 Å². The first kappa shape index (κ1) is 13.3. The van der Waals surface area contributed by atoms with Crippen LogP contribution in [-0.2, 0) is 0 Å². The van der Waals surface area contributed by atoms with Gasteiger partial charge in [0.15, 0.2) is 0 Å². The summed E-state index contributed by atoms with van der Waals surface area (Å²) in [5.74, 6) is 1.33. The number of fused-ring (bicyclic) bond motifs is 1. The van der Waals surface area contributed by atoms with Crippen molar-refractivity contribution in [2.24, 2.45) is 5.92 Å². The van der Waals surface area contributed by atoms with Crippen LogP contribution in [0.15, 0.2) is 34.1 Å². The van der Waals surface area contributed by atoms with Gasteiger partial charge in [-0.3, -0.25) is 4.79 Å². The average Bonchev–Trinajstić information content (AvgIpc) is 2.86. The molecule has 0 unspecified atom stereocenters. The van der Waals surface area contributed by atoms with Crippen molar-refractivity contribution in [1.29, 1.82) is 5.26 Å². The summed E-state index contributed by atoms with van der Waals surface area (Å²) in [4.78, 5) is 15.4. The number of H-pyrrole nitrogens is 1. The maximum Gasteiger partial charge on any atom is 0.305 e. The van der Waals surface area contributed by atoms with Crippen molar-refractivity contribution in [2.45, 2.75) is 10.9 Å². The van der Waals surface area contributed by atoms with Crippen LogP contribution in [0.2, 0.25) is 0 Å². The van der Waals surface area contributed by atoms with Gasteiger partial charge in [0.2, 0.25) is 0 Å². The van der Waals surface area contributed by atoms with E-state index in [1.54, 1.807) is 18.9 Å². The fraction of sp³-hybridized carbons (Fsp3) is 0.286. The zero-order valence-electron chi connectivity index (χ0n) is 10.8. The number of methoxy groups -OCH3 is 1. The van der Waals surface area contributed by atoms with Gasteiger partial charge in [0.05, 0.1) is 24.1 Å². The summed E-state index contributed by atoms with van der Waals surface area (Å²) in [6.07, 6.45) is 0. The molecule has 0 fully saturated rings. The molecule has 4 nitrogen and oxygen atoms in total. The van der Waals surface area contributed by atoms with Gasteiger partial charge in [-0.2, -0.15) is 5.26 Å². The predicted molar refractivity (Wildman–Crippen MR) is 79.6 cm³/mol. The number of nitrogens with zero attached hydrogens (tertiary/aromatic N) is 1. The molecule has 0 saturated heterocycles. The van der Waals surface area contributed by atoms with Gasteiger partial charge in [0.25, 0.3) is 0 Å². The Kier molecular flexibility index (Phi) is 3.55. The Morgan fingerprint density at radius 2 is 2.15 bits per heavy atom. The summed E-state index contributed by atoms with van der Waals surface area (Å²) in [6, 6.07) is 10.1. The fourth-order valence-corrected chi connectivity index (χ4v) is 4.73.